The number of H-pyrrole nitrogens is 1. The predicted molar refractivity (Wildman–Crippen MR) is 117 cm³/mol. The Kier molecular flexibility index (Phi) is 5.59. The second kappa shape index (κ2) is 8.68. The van der Waals surface area contributed by atoms with Crippen LogP contribution in [0.4, 0.5) is 10.1 Å². The molecule has 8 nitrogen and oxygen atoms in total. The molecule has 1 aromatic heterocycles. The van der Waals surface area contributed by atoms with Gasteiger partial charge in [0.2, 0.25) is 5.91 Å². The number of carbonyl (C=O) groups is 1. The average molecular weight is 436 g/mol. The van der Waals surface area contributed by atoms with E-state index < -0.39 is 0 Å². The van der Waals surface area contributed by atoms with Crippen molar-refractivity contribution in [3.05, 3.63) is 65.2 Å². The molecule has 1 atom stereocenters. The van der Waals surface area contributed by atoms with E-state index in [9.17, 15) is 4.79 Å². The second-order valence-corrected chi connectivity index (χ2v) is 8.33. The van der Waals surface area contributed by atoms with E-state index in [1.165, 1.54) is 18.1 Å². The fraction of sp³-hybridized carbons (Fsp3) is 0.348. The molecule has 32 heavy (non-hydrogen) atoms. The molecular formula is C23H25FN6O2. The molecule has 2 aromatic carbocycles. The Labute approximate surface area is 185 Å². The van der Waals surface area contributed by atoms with Crippen LogP contribution in [0.25, 0.3) is 11.1 Å². The monoisotopic (exact) mass is 436 g/mol. The SMILES string of the molecule is CC(=O)NCC1CN(c2ccc(-c3ccc4c(c3)CN(Cc3cn[nH]n3)C4)c(F)c2)CO1. The minimum atomic E-state index is -0.259. The predicted octanol–water partition coefficient (Wildman–Crippen LogP) is 2.43. The van der Waals surface area contributed by atoms with Gasteiger partial charge in [-0.25, -0.2) is 4.39 Å². The van der Waals surface area contributed by atoms with E-state index in [1.54, 1.807) is 12.3 Å². The zero-order valence-corrected chi connectivity index (χ0v) is 17.8. The number of ether oxygens (including phenoxy) is 1. The standard InChI is InChI=1S/C23H25FN6O2/c1-15(31)25-9-21-13-30(14-32-21)20-4-5-22(23(24)7-20)16-2-3-17-10-29(11-18(17)6-16)12-19-8-26-28-27-19/h2-8,21H,9-14H2,1H3,(H,25,31)(H,26,27,28). The molecule has 0 bridgehead atoms. The van der Waals surface area contributed by atoms with E-state index >= 15 is 4.39 Å². The van der Waals surface area contributed by atoms with Crippen molar-refractivity contribution in [3.8, 4) is 11.1 Å². The highest BCUT2D eigenvalue weighted by Gasteiger charge is 2.25. The van der Waals surface area contributed by atoms with Crippen molar-refractivity contribution in [2.75, 3.05) is 24.7 Å². The molecule has 2 aliphatic heterocycles. The van der Waals surface area contributed by atoms with Crippen molar-refractivity contribution in [2.24, 2.45) is 0 Å². The van der Waals surface area contributed by atoms with Crippen molar-refractivity contribution in [1.82, 2.24) is 25.6 Å². The van der Waals surface area contributed by atoms with Crippen LogP contribution >= 0.6 is 0 Å². The number of anilines is 1. The topological polar surface area (TPSA) is 86.4 Å². The molecule has 9 heteroatoms. The first-order valence-corrected chi connectivity index (χ1v) is 10.6. The highest BCUT2D eigenvalue weighted by molar-refractivity contribution is 5.72. The van der Waals surface area contributed by atoms with E-state index in [-0.39, 0.29) is 17.8 Å². The number of benzene rings is 2. The lowest BCUT2D eigenvalue weighted by Crippen LogP contribution is -2.33. The van der Waals surface area contributed by atoms with E-state index in [0.717, 1.165) is 36.6 Å². The van der Waals surface area contributed by atoms with Crippen LogP contribution in [0.3, 0.4) is 0 Å². The Morgan fingerprint density at radius 2 is 2.12 bits per heavy atom. The molecular weight excluding hydrogens is 411 g/mol. The molecule has 1 amide bonds. The van der Waals surface area contributed by atoms with Gasteiger partial charge in [-0.2, -0.15) is 15.4 Å². The van der Waals surface area contributed by atoms with Gasteiger partial charge in [-0.1, -0.05) is 12.1 Å². The van der Waals surface area contributed by atoms with Gasteiger partial charge in [0, 0.05) is 50.9 Å². The number of halogens is 1. The zero-order chi connectivity index (χ0) is 22.1. The first kappa shape index (κ1) is 20.6. The Morgan fingerprint density at radius 1 is 1.25 bits per heavy atom. The number of fused-ring (bicyclic) bond motifs is 1. The van der Waals surface area contributed by atoms with Crippen LogP contribution in [-0.2, 0) is 29.2 Å². The third kappa shape index (κ3) is 4.35. The maximum absolute atomic E-state index is 15.1. The van der Waals surface area contributed by atoms with Crippen molar-refractivity contribution in [1.29, 1.82) is 0 Å². The molecule has 2 N–H and O–H groups in total. The lowest BCUT2D eigenvalue weighted by molar-refractivity contribution is -0.119. The van der Waals surface area contributed by atoms with Crippen LogP contribution in [0.1, 0.15) is 23.7 Å². The number of aromatic amines is 1. The van der Waals surface area contributed by atoms with Crippen LogP contribution in [0.2, 0.25) is 0 Å². The third-order valence-corrected chi connectivity index (χ3v) is 5.94. The highest BCUT2D eigenvalue weighted by Crippen LogP contribution is 2.32. The van der Waals surface area contributed by atoms with Gasteiger partial charge in [-0.15, -0.1) is 0 Å². The molecule has 0 radical (unpaired) electrons. The Hall–Kier alpha value is -3.30. The first-order chi connectivity index (χ1) is 15.5. The minimum Gasteiger partial charge on any atom is -0.354 e. The maximum Gasteiger partial charge on any atom is 0.216 e. The normalized spacial score (nSPS) is 18.2. The minimum absolute atomic E-state index is 0.0851. The Morgan fingerprint density at radius 3 is 2.91 bits per heavy atom. The van der Waals surface area contributed by atoms with Gasteiger partial charge in [0.05, 0.1) is 18.0 Å². The fourth-order valence-electron chi connectivity index (χ4n) is 4.32. The van der Waals surface area contributed by atoms with Gasteiger partial charge in [-0.3, -0.25) is 9.69 Å². The summed E-state index contributed by atoms with van der Waals surface area (Å²) in [5, 5.41) is 13.4. The number of rotatable bonds is 6. The van der Waals surface area contributed by atoms with Gasteiger partial charge in [0.15, 0.2) is 0 Å². The Bertz CT molecular complexity index is 1120. The largest absolute Gasteiger partial charge is 0.354 e. The molecule has 2 aliphatic rings. The molecule has 0 aliphatic carbocycles. The van der Waals surface area contributed by atoms with Crippen molar-refractivity contribution >= 4 is 11.6 Å². The van der Waals surface area contributed by atoms with Crippen LogP contribution < -0.4 is 10.2 Å². The summed E-state index contributed by atoms with van der Waals surface area (Å²) in [7, 11) is 0. The average Bonchev–Trinajstić information content (AvgIpc) is 3.52. The highest BCUT2D eigenvalue weighted by atomic mass is 19.1. The van der Waals surface area contributed by atoms with Crippen LogP contribution in [0.15, 0.2) is 42.6 Å². The number of carbonyl (C=O) groups excluding carboxylic acids is 1. The van der Waals surface area contributed by atoms with E-state index in [1.807, 2.05) is 23.1 Å². The van der Waals surface area contributed by atoms with Crippen LogP contribution in [0.5, 0.6) is 0 Å². The van der Waals surface area contributed by atoms with Gasteiger partial charge in [0.1, 0.15) is 12.5 Å². The summed E-state index contributed by atoms with van der Waals surface area (Å²) in [6.45, 7) is 5.30. The quantitative estimate of drug-likeness (QED) is 0.617. The summed E-state index contributed by atoms with van der Waals surface area (Å²) in [6, 6.07) is 11.5. The van der Waals surface area contributed by atoms with Crippen LogP contribution in [-0.4, -0.2) is 52.1 Å². The summed E-state index contributed by atoms with van der Waals surface area (Å²) < 4.78 is 20.8. The van der Waals surface area contributed by atoms with E-state index in [2.05, 4.69) is 37.8 Å². The molecule has 3 heterocycles. The molecule has 0 saturated carbocycles. The number of aromatic nitrogens is 3. The summed E-state index contributed by atoms with van der Waals surface area (Å²) in [6.07, 6.45) is 1.64. The molecule has 0 spiro atoms. The summed E-state index contributed by atoms with van der Waals surface area (Å²) in [4.78, 5) is 15.4. The van der Waals surface area contributed by atoms with Crippen molar-refractivity contribution < 1.29 is 13.9 Å². The molecule has 1 fully saturated rings. The third-order valence-electron chi connectivity index (χ3n) is 5.94. The molecule has 5 rings (SSSR count). The zero-order valence-electron chi connectivity index (χ0n) is 17.8. The lowest BCUT2D eigenvalue weighted by atomic mass is 10.00. The number of nitrogens with zero attached hydrogens (tertiary/aromatic N) is 4. The van der Waals surface area contributed by atoms with Gasteiger partial charge in [-0.05, 0) is 41.0 Å². The summed E-state index contributed by atoms with van der Waals surface area (Å²) in [5.74, 6) is -0.344. The molecule has 3 aromatic rings. The van der Waals surface area contributed by atoms with Gasteiger partial charge >= 0.3 is 0 Å². The lowest BCUT2D eigenvalue weighted by Gasteiger charge is -2.17. The second-order valence-electron chi connectivity index (χ2n) is 8.33. The Balaban J connectivity index is 1.27. The van der Waals surface area contributed by atoms with E-state index in [0.29, 0.717) is 25.4 Å². The number of hydrogen-bond acceptors (Lipinski definition) is 6. The van der Waals surface area contributed by atoms with Crippen LogP contribution in [0, 0.1) is 5.82 Å². The maximum atomic E-state index is 15.1. The fourth-order valence-corrected chi connectivity index (χ4v) is 4.32. The summed E-state index contributed by atoms with van der Waals surface area (Å²) in [5.41, 5.74) is 5.61. The van der Waals surface area contributed by atoms with Gasteiger partial charge in [0.25, 0.3) is 0 Å². The molecule has 1 saturated heterocycles. The number of hydrogen-bond donors (Lipinski definition) is 2. The molecule has 166 valence electrons. The molecule has 1 unspecified atom stereocenters. The van der Waals surface area contributed by atoms with E-state index in [4.69, 9.17) is 4.74 Å². The first-order valence-electron chi connectivity index (χ1n) is 10.6. The number of nitrogens with one attached hydrogen (secondary N) is 2. The smallest absolute Gasteiger partial charge is 0.216 e. The van der Waals surface area contributed by atoms with Gasteiger partial charge < -0.3 is 15.0 Å². The number of amides is 1. The van der Waals surface area contributed by atoms with Crippen molar-refractivity contribution in [2.45, 2.75) is 32.7 Å². The van der Waals surface area contributed by atoms with Crippen molar-refractivity contribution in [3.63, 3.8) is 0 Å². The summed E-state index contributed by atoms with van der Waals surface area (Å²) >= 11 is 0.